The van der Waals surface area contributed by atoms with E-state index in [0.717, 1.165) is 24.3 Å². The van der Waals surface area contributed by atoms with Crippen LogP contribution in [0.25, 0.3) is 0 Å². The maximum atomic E-state index is 12.3. The number of anilines is 2. The van der Waals surface area contributed by atoms with Gasteiger partial charge >= 0.3 is 0 Å². The van der Waals surface area contributed by atoms with E-state index in [1.165, 1.54) is 0 Å². The van der Waals surface area contributed by atoms with Crippen LogP contribution in [-0.4, -0.2) is 38.9 Å². The van der Waals surface area contributed by atoms with E-state index in [9.17, 15) is 4.79 Å². The van der Waals surface area contributed by atoms with E-state index >= 15 is 0 Å². The molecule has 1 amide bonds. The summed E-state index contributed by atoms with van der Waals surface area (Å²) in [4.78, 5) is 12.3. The number of rotatable bonds is 13. The summed E-state index contributed by atoms with van der Waals surface area (Å²) in [6.45, 7) is 6.53. The molecule has 0 fully saturated rings. The highest BCUT2D eigenvalue weighted by atomic mass is 16.5. The van der Waals surface area contributed by atoms with Crippen molar-refractivity contribution in [3.8, 4) is 11.5 Å². The molecule has 6 nitrogen and oxygen atoms in total. The zero-order valence-electron chi connectivity index (χ0n) is 16.7. The van der Waals surface area contributed by atoms with Gasteiger partial charge in [-0.1, -0.05) is 31.5 Å². The van der Waals surface area contributed by atoms with E-state index in [1.54, 1.807) is 0 Å². The largest absolute Gasteiger partial charge is 0.494 e. The molecule has 0 saturated heterocycles. The van der Waals surface area contributed by atoms with Gasteiger partial charge in [-0.05, 0) is 37.6 Å². The zero-order valence-corrected chi connectivity index (χ0v) is 16.7. The van der Waals surface area contributed by atoms with Crippen LogP contribution >= 0.6 is 0 Å². The van der Waals surface area contributed by atoms with E-state index in [2.05, 4.69) is 17.6 Å². The molecule has 2 rings (SSSR count). The second kappa shape index (κ2) is 12.6. The number of carbonyl (C=O) groups excluding carboxylic acids is 1. The molecule has 0 aliphatic heterocycles. The smallest absolute Gasteiger partial charge is 0.243 e. The highest BCUT2D eigenvalue weighted by Crippen LogP contribution is 2.23. The van der Waals surface area contributed by atoms with Crippen molar-refractivity contribution < 1.29 is 19.0 Å². The number of carbonyl (C=O) groups is 1. The van der Waals surface area contributed by atoms with Crippen LogP contribution in [0.2, 0.25) is 0 Å². The van der Waals surface area contributed by atoms with Crippen LogP contribution in [0.1, 0.15) is 26.7 Å². The van der Waals surface area contributed by atoms with Gasteiger partial charge in [-0.2, -0.15) is 0 Å². The molecule has 2 aromatic rings. The first kappa shape index (κ1) is 21.6. The third-order valence-electron chi connectivity index (χ3n) is 3.90. The van der Waals surface area contributed by atoms with E-state index in [-0.39, 0.29) is 12.5 Å². The van der Waals surface area contributed by atoms with Crippen molar-refractivity contribution in [1.29, 1.82) is 0 Å². The molecule has 0 radical (unpaired) electrons. The van der Waals surface area contributed by atoms with Gasteiger partial charge in [0.2, 0.25) is 5.91 Å². The fourth-order valence-electron chi connectivity index (χ4n) is 2.47. The highest BCUT2D eigenvalue weighted by molar-refractivity contribution is 5.94. The lowest BCUT2D eigenvalue weighted by Crippen LogP contribution is -2.22. The van der Waals surface area contributed by atoms with Gasteiger partial charge in [-0.15, -0.1) is 0 Å². The second-order valence-corrected chi connectivity index (χ2v) is 6.17. The Labute approximate surface area is 167 Å². The molecule has 6 heteroatoms. The average Bonchev–Trinajstić information content (AvgIpc) is 2.71. The number of nitrogens with one attached hydrogen (secondary N) is 2. The maximum Gasteiger partial charge on any atom is 0.243 e. The third kappa shape index (κ3) is 7.88. The summed E-state index contributed by atoms with van der Waals surface area (Å²) in [6.07, 6.45) is 2.09. The van der Waals surface area contributed by atoms with E-state index < -0.39 is 0 Å². The fraction of sp³-hybridized carbons (Fsp3) is 0.409. The lowest BCUT2D eigenvalue weighted by atomic mass is 10.2. The molecule has 0 unspecified atom stereocenters. The highest BCUT2D eigenvalue weighted by Gasteiger charge is 2.07. The molecule has 152 valence electrons. The second-order valence-electron chi connectivity index (χ2n) is 6.17. The first-order chi connectivity index (χ1) is 13.7. The van der Waals surface area contributed by atoms with Crippen molar-refractivity contribution in [2.75, 3.05) is 43.6 Å². The van der Waals surface area contributed by atoms with Crippen molar-refractivity contribution in [3.05, 3.63) is 48.5 Å². The Morgan fingerprint density at radius 1 is 0.964 bits per heavy atom. The minimum atomic E-state index is -0.144. The van der Waals surface area contributed by atoms with Gasteiger partial charge in [0.15, 0.2) is 0 Å². The van der Waals surface area contributed by atoms with Gasteiger partial charge in [0.05, 0.1) is 25.4 Å². The molecule has 0 atom stereocenters. The van der Waals surface area contributed by atoms with Crippen LogP contribution in [-0.2, 0) is 9.53 Å². The molecule has 0 heterocycles. The van der Waals surface area contributed by atoms with Gasteiger partial charge in [0.1, 0.15) is 18.1 Å². The topological polar surface area (TPSA) is 68.8 Å². The maximum absolute atomic E-state index is 12.3. The summed E-state index contributed by atoms with van der Waals surface area (Å²) >= 11 is 0. The van der Waals surface area contributed by atoms with Crippen LogP contribution < -0.4 is 20.1 Å². The van der Waals surface area contributed by atoms with Crippen molar-refractivity contribution in [1.82, 2.24) is 0 Å². The average molecular weight is 386 g/mol. The van der Waals surface area contributed by atoms with Crippen molar-refractivity contribution in [2.24, 2.45) is 0 Å². The van der Waals surface area contributed by atoms with Crippen LogP contribution in [0.15, 0.2) is 48.5 Å². The van der Waals surface area contributed by atoms with Gasteiger partial charge in [0.25, 0.3) is 0 Å². The Morgan fingerprint density at radius 3 is 2.64 bits per heavy atom. The fourth-order valence-corrected chi connectivity index (χ4v) is 2.47. The quantitative estimate of drug-likeness (QED) is 0.502. The van der Waals surface area contributed by atoms with Crippen LogP contribution in [0.3, 0.4) is 0 Å². The van der Waals surface area contributed by atoms with E-state index in [0.29, 0.717) is 37.9 Å². The first-order valence-corrected chi connectivity index (χ1v) is 9.79. The number of ether oxygens (including phenoxy) is 3. The Hall–Kier alpha value is -2.73. The van der Waals surface area contributed by atoms with Gasteiger partial charge in [-0.3, -0.25) is 4.79 Å². The Balaban J connectivity index is 1.83. The van der Waals surface area contributed by atoms with Gasteiger partial charge in [-0.25, -0.2) is 0 Å². The summed E-state index contributed by atoms with van der Waals surface area (Å²) in [5, 5.41) is 6.00. The minimum absolute atomic E-state index is 0.132. The van der Waals surface area contributed by atoms with Crippen LogP contribution in [0, 0.1) is 0 Å². The van der Waals surface area contributed by atoms with Crippen molar-refractivity contribution in [3.63, 3.8) is 0 Å². The van der Waals surface area contributed by atoms with Gasteiger partial charge < -0.3 is 24.8 Å². The molecule has 0 spiro atoms. The Kier molecular flexibility index (Phi) is 9.72. The van der Waals surface area contributed by atoms with Crippen molar-refractivity contribution >= 4 is 17.3 Å². The van der Waals surface area contributed by atoms with Crippen LogP contribution in [0.4, 0.5) is 11.4 Å². The predicted octanol–water partition coefficient (Wildman–Crippen LogP) is 4.33. The lowest BCUT2D eigenvalue weighted by Gasteiger charge is -2.13. The molecule has 0 aliphatic carbocycles. The molecule has 0 bridgehead atoms. The standard InChI is InChI=1S/C22H30N2O4/c1-3-5-13-27-19-10-8-9-18(16-19)24-22(25)17-23-20-11-6-7-12-21(20)28-15-14-26-4-2/h6-12,16,23H,3-5,13-15,17H2,1-2H3,(H,24,25). The molecular formula is C22H30N2O4. The monoisotopic (exact) mass is 386 g/mol. The zero-order chi connectivity index (χ0) is 20.0. The Morgan fingerprint density at radius 2 is 1.82 bits per heavy atom. The van der Waals surface area contributed by atoms with Crippen molar-refractivity contribution in [2.45, 2.75) is 26.7 Å². The number of unbranched alkanes of at least 4 members (excludes halogenated alkanes) is 1. The van der Waals surface area contributed by atoms with Gasteiger partial charge in [0, 0.05) is 18.4 Å². The molecule has 0 saturated carbocycles. The minimum Gasteiger partial charge on any atom is -0.494 e. The normalized spacial score (nSPS) is 10.4. The lowest BCUT2D eigenvalue weighted by molar-refractivity contribution is -0.114. The predicted molar refractivity (Wildman–Crippen MR) is 112 cm³/mol. The number of para-hydroxylation sites is 2. The summed E-state index contributed by atoms with van der Waals surface area (Å²) in [7, 11) is 0. The third-order valence-corrected chi connectivity index (χ3v) is 3.90. The first-order valence-electron chi connectivity index (χ1n) is 9.79. The number of hydrogen-bond acceptors (Lipinski definition) is 5. The number of hydrogen-bond donors (Lipinski definition) is 2. The molecule has 28 heavy (non-hydrogen) atoms. The molecule has 2 aromatic carbocycles. The molecular weight excluding hydrogens is 356 g/mol. The number of benzene rings is 2. The van der Waals surface area contributed by atoms with Crippen LogP contribution in [0.5, 0.6) is 11.5 Å². The summed E-state index contributed by atoms with van der Waals surface area (Å²) in [6, 6.07) is 15.0. The molecule has 0 aromatic heterocycles. The summed E-state index contributed by atoms with van der Waals surface area (Å²) in [5.74, 6) is 1.31. The summed E-state index contributed by atoms with van der Waals surface area (Å²) < 4.78 is 16.7. The Bertz CT molecular complexity index is 721. The number of amides is 1. The van der Waals surface area contributed by atoms with E-state index in [4.69, 9.17) is 14.2 Å². The molecule has 2 N–H and O–H groups in total. The SMILES string of the molecule is CCCCOc1cccc(NC(=O)CNc2ccccc2OCCOCC)c1. The molecule has 0 aliphatic rings. The van der Waals surface area contributed by atoms with E-state index in [1.807, 2.05) is 55.5 Å². The summed E-state index contributed by atoms with van der Waals surface area (Å²) in [5.41, 5.74) is 1.48.